The highest BCUT2D eigenvalue weighted by molar-refractivity contribution is 9.10. The number of hydrogen-bond donors (Lipinski definition) is 1. The van der Waals surface area contributed by atoms with Gasteiger partial charge in [0.25, 0.3) is 0 Å². The Labute approximate surface area is 74.9 Å². The van der Waals surface area contributed by atoms with E-state index in [0.717, 1.165) is 17.7 Å². The molecule has 0 atom stereocenters. The molecule has 0 fully saturated rings. The number of nitrogens with one attached hydrogen (secondary N) is 1. The van der Waals surface area contributed by atoms with Gasteiger partial charge in [-0.2, -0.15) is 5.10 Å². The highest BCUT2D eigenvalue weighted by atomic mass is 79.9. The van der Waals surface area contributed by atoms with Crippen molar-refractivity contribution in [1.82, 2.24) is 15.1 Å². The Hall–Kier alpha value is -0.350. The minimum atomic E-state index is 0.862. The minimum Gasteiger partial charge on any atom is -0.316 e. The van der Waals surface area contributed by atoms with Crippen LogP contribution in [0.4, 0.5) is 0 Å². The lowest BCUT2D eigenvalue weighted by Gasteiger charge is -1.98. The molecule has 0 saturated carbocycles. The number of hydrogen-bond acceptors (Lipinski definition) is 2. The van der Waals surface area contributed by atoms with Crippen LogP contribution in [0, 0.1) is 0 Å². The summed E-state index contributed by atoms with van der Waals surface area (Å²) < 4.78 is 3.00. The lowest BCUT2D eigenvalue weighted by atomic mass is 10.4. The molecule has 0 aliphatic rings. The summed E-state index contributed by atoms with van der Waals surface area (Å²) in [4.78, 5) is 0. The molecule has 0 spiro atoms. The topological polar surface area (TPSA) is 29.9 Å². The molecule has 0 bridgehead atoms. The van der Waals surface area contributed by atoms with Crippen molar-refractivity contribution in [3.63, 3.8) is 0 Å². The van der Waals surface area contributed by atoms with Crippen molar-refractivity contribution in [2.75, 3.05) is 7.05 Å². The summed E-state index contributed by atoms with van der Waals surface area (Å²) in [6.07, 6.45) is 1.88. The van der Waals surface area contributed by atoms with Crippen LogP contribution >= 0.6 is 15.9 Å². The molecule has 1 rings (SSSR count). The van der Waals surface area contributed by atoms with Gasteiger partial charge >= 0.3 is 0 Å². The molecular formula is C7H12BrN3. The van der Waals surface area contributed by atoms with Gasteiger partial charge in [-0.25, -0.2) is 0 Å². The molecule has 0 aromatic carbocycles. The van der Waals surface area contributed by atoms with E-state index in [2.05, 4.69) is 33.3 Å². The van der Waals surface area contributed by atoms with Gasteiger partial charge in [-0.1, -0.05) is 0 Å². The molecule has 0 aliphatic carbocycles. The normalized spacial score (nSPS) is 10.5. The fourth-order valence-electron chi connectivity index (χ4n) is 0.939. The Bertz CT molecular complexity index is 232. The van der Waals surface area contributed by atoms with Crippen LogP contribution in [0.2, 0.25) is 0 Å². The number of rotatable bonds is 3. The fourth-order valence-corrected chi connectivity index (χ4v) is 1.52. The maximum absolute atomic E-state index is 4.18. The molecule has 1 aromatic heterocycles. The average Bonchev–Trinajstić information content (AvgIpc) is 2.34. The number of nitrogens with zero attached hydrogens (tertiary/aromatic N) is 2. The van der Waals surface area contributed by atoms with Crippen LogP contribution in [-0.4, -0.2) is 16.8 Å². The van der Waals surface area contributed by atoms with Crippen LogP contribution in [0.25, 0.3) is 0 Å². The molecule has 3 nitrogen and oxygen atoms in total. The molecule has 0 aliphatic heterocycles. The first-order chi connectivity index (χ1) is 5.29. The third-order valence-corrected chi connectivity index (χ3v) is 2.43. The number of aromatic nitrogens is 2. The van der Waals surface area contributed by atoms with Crippen LogP contribution in [0.15, 0.2) is 10.8 Å². The van der Waals surface area contributed by atoms with Gasteiger partial charge < -0.3 is 5.32 Å². The molecule has 1 heterocycles. The highest BCUT2D eigenvalue weighted by Crippen LogP contribution is 2.15. The van der Waals surface area contributed by atoms with Gasteiger partial charge in [0.1, 0.15) is 4.60 Å². The van der Waals surface area contributed by atoms with Gasteiger partial charge in [-0.05, 0) is 29.9 Å². The summed E-state index contributed by atoms with van der Waals surface area (Å²) in [5, 5.41) is 7.26. The largest absolute Gasteiger partial charge is 0.316 e. The Morgan fingerprint density at radius 3 is 2.91 bits per heavy atom. The fraction of sp³-hybridized carbons (Fsp3) is 0.571. The monoisotopic (exact) mass is 217 g/mol. The van der Waals surface area contributed by atoms with Crippen molar-refractivity contribution in [3.8, 4) is 0 Å². The summed E-state index contributed by atoms with van der Waals surface area (Å²) in [5.74, 6) is 0. The van der Waals surface area contributed by atoms with E-state index >= 15 is 0 Å². The van der Waals surface area contributed by atoms with Crippen LogP contribution in [0.3, 0.4) is 0 Å². The van der Waals surface area contributed by atoms with Crippen LogP contribution < -0.4 is 5.32 Å². The molecule has 0 saturated heterocycles. The first kappa shape index (κ1) is 8.74. The van der Waals surface area contributed by atoms with Crippen molar-refractivity contribution in [2.24, 2.45) is 0 Å². The first-order valence-corrected chi connectivity index (χ1v) is 4.43. The average molecular weight is 218 g/mol. The standard InChI is InChI=1S/C7H12BrN3/c1-3-11-7(8)6(4-9-2)5-10-11/h5,9H,3-4H2,1-2H3. The first-order valence-electron chi connectivity index (χ1n) is 3.64. The van der Waals surface area contributed by atoms with E-state index in [9.17, 15) is 0 Å². The van der Waals surface area contributed by atoms with Crippen molar-refractivity contribution in [3.05, 3.63) is 16.4 Å². The van der Waals surface area contributed by atoms with Crippen molar-refractivity contribution < 1.29 is 0 Å². The second-order valence-electron chi connectivity index (χ2n) is 2.31. The molecule has 4 heteroatoms. The van der Waals surface area contributed by atoms with Gasteiger partial charge in [-0.15, -0.1) is 0 Å². The molecule has 0 unspecified atom stereocenters. The molecule has 0 amide bonds. The molecule has 62 valence electrons. The lowest BCUT2D eigenvalue weighted by molar-refractivity contribution is 0.643. The molecule has 0 radical (unpaired) electrons. The second-order valence-corrected chi connectivity index (χ2v) is 3.06. The van der Waals surface area contributed by atoms with Gasteiger partial charge in [-0.3, -0.25) is 4.68 Å². The Morgan fingerprint density at radius 1 is 1.73 bits per heavy atom. The van der Waals surface area contributed by atoms with Crippen molar-refractivity contribution >= 4 is 15.9 Å². The van der Waals surface area contributed by atoms with Crippen molar-refractivity contribution in [2.45, 2.75) is 20.0 Å². The number of halogens is 1. The van der Waals surface area contributed by atoms with E-state index < -0.39 is 0 Å². The SMILES string of the molecule is CCn1ncc(CNC)c1Br. The molecule has 1 aromatic rings. The lowest BCUT2D eigenvalue weighted by Crippen LogP contribution is -2.05. The quantitative estimate of drug-likeness (QED) is 0.830. The van der Waals surface area contributed by atoms with Gasteiger partial charge in [0.05, 0.1) is 6.20 Å². The highest BCUT2D eigenvalue weighted by Gasteiger charge is 2.04. The van der Waals surface area contributed by atoms with E-state index in [-0.39, 0.29) is 0 Å². The van der Waals surface area contributed by atoms with Gasteiger partial charge in [0.2, 0.25) is 0 Å². The smallest absolute Gasteiger partial charge is 0.108 e. The molecule has 1 N–H and O–H groups in total. The van der Waals surface area contributed by atoms with Gasteiger partial charge in [0, 0.05) is 18.7 Å². The van der Waals surface area contributed by atoms with Gasteiger partial charge in [0.15, 0.2) is 0 Å². The maximum Gasteiger partial charge on any atom is 0.108 e. The summed E-state index contributed by atoms with van der Waals surface area (Å²) >= 11 is 3.47. The van der Waals surface area contributed by atoms with E-state index in [4.69, 9.17) is 0 Å². The summed E-state index contributed by atoms with van der Waals surface area (Å²) in [5.41, 5.74) is 1.20. The zero-order valence-corrected chi connectivity index (χ0v) is 8.35. The number of aryl methyl sites for hydroxylation is 1. The summed E-state index contributed by atoms with van der Waals surface area (Å²) in [6.45, 7) is 3.84. The predicted molar refractivity (Wildman–Crippen MR) is 48.4 cm³/mol. The van der Waals surface area contributed by atoms with E-state index in [1.165, 1.54) is 5.56 Å². The van der Waals surface area contributed by atoms with Crippen molar-refractivity contribution in [1.29, 1.82) is 0 Å². The van der Waals surface area contributed by atoms with Crippen LogP contribution in [0.5, 0.6) is 0 Å². The Balaban J connectivity index is 2.82. The van der Waals surface area contributed by atoms with E-state index in [1.807, 2.05) is 17.9 Å². The third-order valence-electron chi connectivity index (χ3n) is 1.51. The molecular weight excluding hydrogens is 206 g/mol. The molecule has 11 heavy (non-hydrogen) atoms. The minimum absolute atomic E-state index is 0.862. The zero-order chi connectivity index (χ0) is 8.27. The summed E-state index contributed by atoms with van der Waals surface area (Å²) in [7, 11) is 1.93. The third kappa shape index (κ3) is 1.81. The van der Waals surface area contributed by atoms with Crippen LogP contribution in [0.1, 0.15) is 12.5 Å². The zero-order valence-electron chi connectivity index (χ0n) is 6.76. The Morgan fingerprint density at radius 2 is 2.45 bits per heavy atom. The van der Waals surface area contributed by atoms with E-state index in [1.54, 1.807) is 0 Å². The second kappa shape index (κ2) is 3.88. The maximum atomic E-state index is 4.18. The summed E-state index contributed by atoms with van der Waals surface area (Å²) in [6, 6.07) is 0. The van der Waals surface area contributed by atoms with Crippen LogP contribution in [-0.2, 0) is 13.1 Å². The van der Waals surface area contributed by atoms with E-state index in [0.29, 0.717) is 0 Å². The Kier molecular flexibility index (Phi) is 3.08. The predicted octanol–water partition coefficient (Wildman–Crippen LogP) is 1.38.